The molecule has 0 aliphatic rings. The molecule has 0 atom stereocenters. The Morgan fingerprint density at radius 1 is 1.00 bits per heavy atom. The number of phenols is 1. The van der Waals surface area contributed by atoms with E-state index in [1.807, 2.05) is 13.8 Å². The van der Waals surface area contributed by atoms with Gasteiger partial charge >= 0.3 is 0 Å². The number of aryl methyl sites for hydroxylation is 3. The highest BCUT2D eigenvalue weighted by Crippen LogP contribution is 2.38. The molecule has 0 aliphatic carbocycles. The summed E-state index contributed by atoms with van der Waals surface area (Å²) in [6.45, 7) is 6.05. The number of hydrogen-bond donors (Lipinski definition) is 1. The maximum absolute atomic E-state index is 10.2. The van der Waals surface area contributed by atoms with E-state index in [-0.39, 0.29) is 0 Å². The topological polar surface area (TPSA) is 25.2 Å². The lowest BCUT2D eigenvalue weighted by Crippen LogP contribution is -1.91. The Balaban J connectivity index is 2.40. The van der Waals surface area contributed by atoms with Gasteiger partial charge in [0.05, 0.1) is 0 Å². The van der Waals surface area contributed by atoms with Gasteiger partial charge in [0.1, 0.15) is 5.75 Å². The van der Waals surface area contributed by atoms with Crippen LogP contribution < -0.4 is 0 Å². The quantitative estimate of drug-likeness (QED) is 0.689. The molecule has 0 unspecified atom stereocenters. The van der Waals surface area contributed by atoms with E-state index in [0.29, 0.717) is 5.75 Å². The van der Waals surface area contributed by atoms with E-state index in [0.717, 1.165) is 16.7 Å². The highest BCUT2D eigenvalue weighted by Gasteiger charge is 2.16. The standard InChI is InChI=1S/C18H19NO/c1-11-9-12(2)18(20)13(3)17(11)15-10-19(4)16-8-6-5-7-14(15)16/h5-10,20H,1-4H3. The van der Waals surface area contributed by atoms with Crippen molar-refractivity contribution in [3.8, 4) is 16.9 Å². The second-order valence-electron chi connectivity index (χ2n) is 5.53. The van der Waals surface area contributed by atoms with Crippen molar-refractivity contribution in [2.45, 2.75) is 20.8 Å². The molecule has 1 heterocycles. The Hall–Kier alpha value is -2.22. The number of nitrogens with zero attached hydrogens (tertiary/aromatic N) is 1. The Kier molecular flexibility index (Phi) is 2.82. The van der Waals surface area contributed by atoms with Crippen molar-refractivity contribution in [2.24, 2.45) is 7.05 Å². The molecule has 2 aromatic carbocycles. The van der Waals surface area contributed by atoms with Gasteiger partial charge in [0.2, 0.25) is 0 Å². The second kappa shape index (κ2) is 4.41. The molecule has 0 saturated carbocycles. The van der Waals surface area contributed by atoms with Gasteiger partial charge in [0, 0.05) is 29.7 Å². The predicted molar refractivity (Wildman–Crippen MR) is 84.2 cm³/mol. The van der Waals surface area contributed by atoms with E-state index in [1.54, 1.807) is 0 Å². The van der Waals surface area contributed by atoms with Crippen molar-refractivity contribution >= 4 is 10.9 Å². The van der Waals surface area contributed by atoms with Gasteiger partial charge in [-0.05, 0) is 49.1 Å². The second-order valence-corrected chi connectivity index (χ2v) is 5.53. The molecule has 3 aromatic rings. The number of aromatic nitrogens is 1. The molecule has 0 saturated heterocycles. The zero-order chi connectivity index (χ0) is 14.4. The first-order valence-electron chi connectivity index (χ1n) is 6.85. The van der Waals surface area contributed by atoms with Crippen LogP contribution in [0.1, 0.15) is 16.7 Å². The smallest absolute Gasteiger partial charge is 0.122 e. The van der Waals surface area contributed by atoms with Gasteiger partial charge in [-0.25, -0.2) is 0 Å². The summed E-state index contributed by atoms with van der Waals surface area (Å²) in [6.07, 6.45) is 2.15. The van der Waals surface area contributed by atoms with Crippen molar-refractivity contribution in [3.05, 3.63) is 53.2 Å². The highest BCUT2D eigenvalue weighted by molar-refractivity contribution is 5.98. The van der Waals surface area contributed by atoms with E-state index >= 15 is 0 Å². The summed E-state index contributed by atoms with van der Waals surface area (Å²) in [7, 11) is 2.06. The van der Waals surface area contributed by atoms with Crippen LogP contribution in [0.25, 0.3) is 22.0 Å². The summed E-state index contributed by atoms with van der Waals surface area (Å²) in [6, 6.07) is 10.4. The number of hydrogen-bond acceptors (Lipinski definition) is 1. The zero-order valence-electron chi connectivity index (χ0n) is 12.4. The van der Waals surface area contributed by atoms with E-state index in [4.69, 9.17) is 0 Å². The average molecular weight is 265 g/mol. The number of rotatable bonds is 1. The number of fused-ring (bicyclic) bond motifs is 1. The Morgan fingerprint density at radius 3 is 2.45 bits per heavy atom. The fourth-order valence-corrected chi connectivity index (χ4v) is 3.13. The first kappa shape index (κ1) is 12.8. The van der Waals surface area contributed by atoms with Crippen LogP contribution >= 0.6 is 0 Å². The molecule has 3 rings (SSSR count). The summed E-state index contributed by atoms with van der Waals surface area (Å²) in [4.78, 5) is 0. The van der Waals surface area contributed by atoms with Crippen molar-refractivity contribution < 1.29 is 5.11 Å². The molecule has 2 nitrogen and oxygen atoms in total. The van der Waals surface area contributed by atoms with Crippen molar-refractivity contribution in [3.63, 3.8) is 0 Å². The third kappa shape index (κ3) is 1.72. The molecule has 0 fully saturated rings. The molecular weight excluding hydrogens is 246 g/mol. The SMILES string of the molecule is Cc1cc(C)c(-c2cn(C)c3ccccc23)c(C)c1O. The van der Waals surface area contributed by atoms with Gasteiger partial charge in [-0.1, -0.05) is 24.3 Å². The molecule has 0 amide bonds. The lowest BCUT2D eigenvalue weighted by molar-refractivity contribution is 0.467. The summed E-state index contributed by atoms with van der Waals surface area (Å²) >= 11 is 0. The summed E-state index contributed by atoms with van der Waals surface area (Å²) in [5.41, 5.74) is 6.64. The van der Waals surface area contributed by atoms with Gasteiger partial charge in [-0.3, -0.25) is 0 Å². The molecule has 20 heavy (non-hydrogen) atoms. The molecule has 0 radical (unpaired) electrons. The van der Waals surface area contributed by atoms with E-state index in [1.165, 1.54) is 22.0 Å². The predicted octanol–water partition coefficient (Wildman–Crippen LogP) is 4.48. The minimum atomic E-state index is 0.401. The van der Waals surface area contributed by atoms with Crippen LogP contribution in [-0.4, -0.2) is 9.67 Å². The summed E-state index contributed by atoms with van der Waals surface area (Å²) in [5, 5.41) is 11.5. The number of para-hydroxylation sites is 1. The van der Waals surface area contributed by atoms with Crippen LogP contribution in [-0.2, 0) is 7.05 Å². The number of phenolic OH excluding ortho intramolecular Hbond substituents is 1. The Bertz CT molecular complexity index is 812. The third-order valence-electron chi connectivity index (χ3n) is 4.10. The molecule has 0 bridgehead atoms. The fraction of sp³-hybridized carbons (Fsp3) is 0.222. The van der Waals surface area contributed by atoms with Crippen LogP contribution in [0.5, 0.6) is 5.75 Å². The highest BCUT2D eigenvalue weighted by atomic mass is 16.3. The fourth-order valence-electron chi connectivity index (χ4n) is 3.13. The average Bonchev–Trinajstić information content (AvgIpc) is 2.75. The van der Waals surface area contributed by atoms with Crippen LogP contribution in [0.3, 0.4) is 0 Å². The van der Waals surface area contributed by atoms with E-state index in [9.17, 15) is 5.11 Å². The van der Waals surface area contributed by atoms with Gasteiger partial charge in [0.15, 0.2) is 0 Å². The van der Waals surface area contributed by atoms with Crippen molar-refractivity contribution in [1.29, 1.82) is 0 Å². The van der Waals surface area contributed by atoms with E-state index in [2.05, 4.69) is 55.1 Å². The summed E-state index contributed by atoms with van der Waals surface area (Å²) < 4.78 is 2.14. The summed E-state index contributed by atoms with van der Waals surface area (Å²) in [5.74, 6) is 0.401. The normalized spacial score (nSPS) is 11.2. The van der Waals surface area contributed by atoms with Crippen LogP contribution in [0.4, 0.5) is 0 Å². The zero-order valence-corrected chi connectivity index (χ0v) is 12.4. The lowest BCUT2D eigenvalue weighted by atomic mass is 9.92. The van der Waals surface area contributed by atoms with Gasteiger partial charge in [-0.2, -0.15) is 0 Å². The monoisotopic (exact) mass is 265 g/mol. The lowest BCUT2D eigenvalue weighted by Gasteiger charge is -2.13. The number of benzene rings is 2. The van der Waals surface area contributed by atoms with Gasteiger partial charge < -0.3 is 9.67 Å². The molecule has 1 aromatic heterocycles. The largest absolute Gasteiger partial charge is 0.507 e. The Morgan fingerprint density at radius 2 is 1.70 bits per heavy atom. The van der Waals surface area contributed by atoms with Crippen LogP contribution in [0.2, 0.25) is 0 Å². The van der Waals surface area contributed by atoms with Gasteiger partial charge in [-0.15, -0.1) is 0 Å². The van der Waals surface area contributed by atoms with E-state index < -0.39 is 0 Å². The first-order valence-corrected chi connectivity index (χ1v) is 6.85. The first-order chi connectivity index (χ1) is 9.50. The maximum atomic E-state index is 10.2. The van der Waals surface area contributed by atoms with Crippen molar-refractivity contribution in [2.75, 3.05) is 0 Å². The maximum Gasteiger partial charge on any atom is 0.122 e. The van der Waals surface area contributed by atoms with Gasteiger partial charge in [0.25, 0.3) is 0 Å². The molecule has 2 heteroatoms. The molecular formula is C18H19NO. The molecule has 0 aliphatic heterocycles. The minimum absolute atomic E-state index is 0.401. The minimum Gasteiger partial charge on any atom is -0.507 e. The van der Waals surface area contributed by atoms with Crippen molar-refractivity contribution in [1.82, 2.24) is 4.57 Å². The van der Waals surface area contributed by atoms with Crippen LogP contribution in [0, 0.1) is 20.8 Å². The third-order valence-corrected chi connectivity index (χ3v) is 4.10. The number of aromatic hydroxyl groups is 1. The van der Waals surface area contributed by atoms with Crippen LogP contribution in [0.15, 0.2) is 36.5 Å². The Labute approximate surface area is 119 Å². The molecule has 1 N–H and O–H groups in total. The molecule has 102 valence electrons. The molecule has 0 spiro atoms.